The van der Waals surface area contributed by atoms with Crippen LogP contribution in [0, 0.1) is 0 Å². The van der Waals surface area contributed by atoms with E-state index in [1.165, 1.54) is 25.7 Å². The predicted molar refractivity (Wildman–Crippen MR) is 75.9 cm³/mol. The maximum atomic E-state index is 6.01. The van der Waals surface area contributed by atoms with Gasteiger partial charge in [0.2, 0.25) is 0 Å². The summed E-state index contributed by atoms with van der Waals surface area (Å²) in [5, 5.41) is 0. The first-order valence-electron chi connectivity index (χ1n) is 8.40. The van der Waals surface area contributed by atoms with Gasteiger partial charge in [-0.05, 0) is 25.7 Å². The van der Waals surface area contributed by atoms with E-state index >= 15 is 0 Å². The lowest BCUT2D eigenvalue weighted by atomic mass is 9.94. The average Bonchev–Trinajstić information content (AvgIpc) is 2.49. The van der Waals surface area contributed by atoms with Crippen molar-refractivity contribution in [2.45, 2.75) is 75.8 Å². The minimum Gasteiger partial charge on any atom is -0.373 e. The zero-order valence-electron chi connectivity index (χ0n) is 12.4. The zero-order chi connectivity index (χ0) is 13.6. The molecule has 0 bridgehead atoms. The molecule has 0 unspecified atom stereocenters. The van der Waals surface area contributed by atoms with Crippen LogP contribution in [0.25, 0.3) is 0 Å². The monoisotopic (exact) mass is 284 g/mol. The van der Waals surface area contributed by atoms with E-state index in [0.717, 1.165) is 25.7 Å². The summed E-state index contributed by atoms with van der Waals surface area (Å²) < 4.78 is 24.0. The number of hydrogen-bond donors (Lipinski definition) is 0. The van der Waals surface area contributed by atoms with Crippen LogP contribution in [-0.2, 0) is 18.9 Å². The topological polar surface area (TPSA) is 36.9 Å². The molecular formula is C16H28O4. The predicted octanol–water partition coefficient (Wildman–Crippen LogP) is 2.69. The van der Waals surface area contributed by atoms with Crippen molar-refractivity contribution in [1.82, 2.24) is 0 Å². The van der Waals surface area contributed by atoms with Crippen molar-refractivity contribution >= 4 is 0 Å². The van der Waals surface area contributed by atoms with Crippen LogP contribution in [0.2, 0.25) is 0 Å². The lowest BCUT2D eigenvalue weighted by molar-refractivity contribution is -0.153. The Labute approximate surface area is 122 Å². The van der Waals surface area contributed by atoms with Gasteiger partial charge in [-0.25, -0.2) is 0 Å². The molecule has 20 heavy (non-hydrogen) atoms. The van der Waals surface area contributed by atoms with Crippen LogP contribution >= 0.6 is 0 Å². The first-order chi connectivity index (χ1) is 9.93. The van der Waals surface area contributed by atoms with Gasteiger partial charge in [-0.15, -0.1) is 0 Å². The fourth-order valence-corrected chi connectivity index (χ4v) is 3.69. The van der Waals surface area contributed by atoms with Gasteiger partial charge < -0.3 is 18.9 Å². The Bertz CT molecular complexity index is 228. The van der Waals surface area contributed by atoms with Gasteiger partial charge in [0, 0.05) is 0 Å². The van der Waals surface area contributed by atoms with Crippen LogP contribution in [0.15, 0.2) is 0 Å². The first-order valence-corrected chi connectivity index (χ1v) is 8.40. The molecule has 3 aliphatic rings. The molecule has 4 atom stereocenters. The highest BCUT2D eigenvalue weighted by atomic mass is 16.6. The molecule has 2 saturated carbocycles. The average molecular weight is 284 g/mol. The highest BCUT2D eigenvalue weighted by Crippen LogP contribution is 2.26. The first kappa shape index (κ1) is 14.8. The smallest absolute Gasteiger partial charge is 0.0837 e. The second-order valence-corrected chi connectivity index (χ2v) is 6.21. The third-order valence-corrected chi connectivity index (χ3v) is 4.78. The fraction of sp³-hybridized carbons (Fsp3) is 1.00. The molecule has 0 aromatic carbocycles. The minimum absolute atomic E-state index is 0.258. The SMILES string of the molecule is C1CC[C@@H]2OCCO[C@@H]3CCCC[C@@H]3OCCO[C@H]2C1. The minimum atomic E-state index is 0.258. The molecule has 0 aromatic rings. The van der Waals surface area contributed by atoms with Crippen molar-refractivity contribution < 1.29 is 18.9 Å². The van der Waals surface area contributed by atoms with Crippen LogP contribution in [0.5, 0.6) is 0 Å². The van der Waals surface area contributed by atoms with Crippen LogP contribution in [0.3, 0.4) is 0 Å². The summed E-state index contributed by atoms with van der Waals surface area (Å²) >= 11 is 0. The quantitative estimate of drug-likeness (QED) is 0.685. The molecule has 0 spiro atoms. The van der Waals surface area contributed by atoms with Crippen LogP contribution in [0.4, 0.5) is 0 Å². The zero-order valence-corrected chi connectivity index (χ0v) is 12.4. The second kappa shape index (κ2) is 7.74. The largest absolute Gasteiger partial charge is 0.373 e. The summed E-state index contributed by atoms with van der Waals surface area (Å²) in [6.07, 6.45) is 10.5. The molecule has 0 aromatic heterocycles. The van der Waals surface area contributed by atoms with Crippen molar-refractivity contribution in [2.24, 2.45) is 0 Å². The molecule has 4 heteroatoms. The van der Waals surface area contributed by atoms with Crippen molar-refractivity contribution in [3.8, 4) is 0 Å². The summed E-state index contributed by atoms with van der Waals surface area (Å²) in [6, 6.07) is 0. The molecule has 2 aliphatic carbocycles. The number of hydrogen-bond acceptors (Lipinski definition) is 4. The maximum Gasteiger partial charge on any atom is 0.0837 e. The lowest BCUT2D eigenvalue weighted by Crippen LogP contribution is -2.40. The van der Waals surface area contributed by atoms with Gasteiger partial charge in [-0.3, -0.25) is 0 Å². The molecule has 116 valence electrons. The summed E-state index contributed by atoms with van der Waals surface area (Å²) in [5.74, 6) is 0. The Kier molecular flexibility index (Phi) is 5.71. The highest BCUT2D eigenvalue weighted by molar-refractivity contribution is 4.79. The summed E-state index contributed by atoms with van der Waals surface area (Å²) in [6.45, 7) is 2.75. The van der Waals surface area contributed by atoms with Crippen molar-refractivity contribution in [3.05, 3.63) is 0 Å². The number of rotatable bonds is 0. The Balaban J connectivity index is 1.54. The lowest BCUT2D eigenvalue weighted by Gasteiger charge is -2.35. The van der Waals surface area contributed by atoms with E-state index in [1.807, 2.05) is 0 Å². The van der Waals surface area contributed by atoms with E-state index in [4.69, 9.17) is 18.9 Å². The van der Waals surface area contributed by atoms with Gasteiger partial charge in [-0.1, -0.05) is 25.7 Å². The third kappa shape index (κ3) is 3.94. The van der Waals surface area contributed by atoms with Gasteiger partial charge in [-0.2, -0.15) is 0 Å². The summed E-state index contributed by atoms with van der Waals surface area (Å²) in [5.41, 5.74) is 0. The van der Waals surface area contributed by atoms with E-state index in [2.05, 4.69) is 0 Å². The van der Waals surface area contributed by atoms with Gasteiger partial charge in [0.1, 0.15) is 0 Å². The summed E-state index contributed by atoms with van der Waals surface area (Å²) in [4.78, 5) is 0. The molecule has 0 radical (unpaired) electrons. The second-order valence-electron chi connectivity index (χ2n) is 6.21. The van der Waals surface area contributed by atoms with Gasteiger partial charge in [0.15, 0.2) is 0 Å². The standard InChI is InChI=1S/C16H28O4/c1-2-6-14-13(5-1)17-9-10-19-15-7-3-4-8-16(15)20-12-11-18-14/h13-16H,1-12H2/t13-,14-,15-,16+/m0/s1. The van der Waals surface area contributed by atoms with E-state index in [1.54, 1.807) is 0 Å². The molecule has 3 rings (SSSR count). The normalized spacial score (nSPS) is 40.8. The van der Waals surface area contributed by atoms with E-state index < -0.39 is 0 Å². The van der Waals surface area contributed by atoms with Crippen molar-refractivity contribution in [3.63, 3.8) is 0 Å². The van der Waals surface area contributed by atoms with Crippen LogP contribution < -0.4 is 0 Å². The molecule has 1 heterocycles. The van der Waals surface area contributed by atoms with Gasteiger partial charge in [0.05, 0.1) is 50.8 Å². The van der Waals surface area contributed by atoms with Gasteiger partial charge >= 0.3 is 0 Å². The molecular weight excluding hydrogens is 256 g/mol. The Morgan fingerprint density at radius 1 is 0.400 bits per heavy atom. The van der Waals surface area contributed by atoms with E-state index in [0.29, 0.717) is 26.4 Å². The molecule has 4 nitrogen and oxygen atoms in total. The fourth-order valence-electron chi connectivity index (χ4n) is 3.69. The molecule has 3 fully saturated rings. The third-order valence-electron chi connectivity index (χ3n) is 4.78. The van der Waals surface area contributed by atoms with Crippen molar-refractivity contribution in [2.75, 3.05) is 26.4 Å². The number of fused-ring (bicyclic) bond motifs is 2. The van der Waals surface area contributed by atoms with Crippen LogP contribution in [0.1, 0.15) is 51.4 Å². The van der Waals surface area contributed by atoms with Crippen molar-refractivity contribution in [1.29, 1.82) is 0 Å². The highest BCUT2D eigenvalue weighted by Gasteiger charge is 2.29. The van der Waals surface area contributed by atoms with Gasteiger partial charge in [0.25, 0.3) is 0 Å². The molecule has 1 saturated heterocycles. The Hall–Kier alpha value is -0.160. The Morgan fingerprint density at radius 2 is 0.650 bits per heavy atom. The van der Waals surface area contributed by atoms with E-state index in [-0.39, 0.29) is 24.4 Å². The van der Waals surface area contributed by atoms with E-state index in [9.17, 15) is 0 Å². The van der Waals surface area contributed by atoms with Crippen LogP contribution in [-0.4, -0.2) is 50.8 Å². The molecule has 0 amide bonds. The molecule has 0 N–H and O–H groups in total. The number of ether oxygens (including phenoxy) is 4. The molecule has 1 aliphatic heterocycles. The Morgan fingerprint density at radius 3 is 0.900 bits per heavy atom. The maximum absolute atomic E-state index is 6.01. The summed E-state index contributed by atoms with van der Waals surface area (Å²) in [7, 11) is 0.